The Kier molecular flexibility index (Phi) is 5.19. The Hall–Kier alpha value is -3.20. The van der Waals surface area contributed by atoms with Crippen molar-refractivity contribution in [2.24, 2.45) is 0 Å². The van der Waals surface area contributed by atoms with Gasteiger partial charge in [0, 0.05) is 49.4 Å². The second-order valence-electron chi connectivity index (χ2n) is 6.31. The molecule has 0 fully saturated rings. The molecule has 4 heterocycles. The third kappa shape index (κ3) is 3.36. The second-order valence-corrected chi connectivity index (χ2v) is 6.31. The molecule has 11 heteroatoms. The zero-order chi connectivity index (χ0) is 19.0. The van der Waals surface area contributed by atoms with Crippen LogP contribution >= 0.6 is 0 Å². The summed E-state index contributed by atoms with van der Waals surface area (Å²) in [5, 5.41) is 27.7. The van der Waals surface area contributed by atoms with E-state index in [1.54, 1.807) is 24.5 Å². The first-order valence-corrected chi connectivity index (χ1v) is 8.10. The van der Waals surface area contributed by atoms with Gasteiger partial charge in [0.2, 0.25) is 11.8 Å². The third-order valence-corrected chi connectivity index (χ3v) is 4.19. The Bertz CT molecular complexity index is 1020. The number of hydrogen-bond acceptors (Lipinski definition) is 8. The van der Waals surface area contributed by atoms with Crippen molar-refractivity contribution in [3.8, 4) is 23.7 Å². The monoisotopic (exact) mass is 428 g/mol. The summed E-state index contributed by atoms with van der Waals surface area (Å²) in [6, 6.07) is 6.46. The van der Waals surface area contributed by atoms with Crippen LogP contribution in [0.5, 0.6) is 11.8 Å². The van der Waals surface area contributed by atoms with Crippen molar-refractivity contribution in [2.45, 2.75) is 19.3 Å². The van der Waals surface area contributed by atoms with Gasteiger partial charge in [-0.1, -0.05) is 0 Å². The van der Waals surface area contributed by atoms with E-state index in [4.69, 9.17) is 0 Å². The van der Waals surface area contributed by atoms with Crippen LogP contribution in [0.15, 0.2) is 49.1 Å². The largest absolute Gasteiger partial charge is 0.493 e. The van der Waals surface area contributed by atoms with Crippen LogP contribution in [-0.2, 0) is 24.9 Å². The Balaban J connectivity index is 0.00000225. The molecule has 0 amide bonds. The SMILES string of the molecule is CC(C)(c1ccnc(-n2nccc2O)n1)c1ccnc(-n2nccc2O)n1.[Zn]. The van der Waals surface area contributed by atoms with Crippen LogP contribution in [0.3, 0.4) is 0 Å². The van der Waals surface area contributed by atoms with Gasteiger partial charge in [0.1, 0.15) is 0 Å². The van der Waals surface area contributed by atoms with Gasteiger partial charge >= 0.3 is 0 Å². The summed E-state index contributed by atoms with van der Waals surface area (Å²) < 4.78 is 2.49. The smallest absolute Gasteiger partial charge is 0.253 e. The molecule has 28 heavy (non-hydrogen) atoms. The Morgan fingerprint density at radius 1 is 0.714 bits per heavy atom. The quantitative estimate of drug-likeness (QED) is 0.466. The predicted octanol–water partition coefficient (Wildman–Crippen LogP) is 1.37. The minimum absolute atomic E-state index is 0. The van der Waals surface area contributed by atoms with Crippen LogP contribution in [0.4, 0.5) is 0 Å². The molecule has 0 aliphatic heterocycles. The molecule has 0 saturated heterocycles. The molecular formula is C17H16N8O2Zn. The van der Waals surface area contributed by atoms with E-state index >= 15 is 0 Å². The van der Waals surface area contributed by atoms with E-state index in [0.717, 1.165) is 0 Å². The summed E-state index contributed by atoms with van der Waals surface area (Å²) in [6.07, 6.45) is 6.12. The fraction of sp³-hybridized carbons (Fsp3) is 0.176. The molecule has 0 atom stereocenters. The van der Waals surface area contributed by atoms with Crippen LogP contribution in [0.1, 0.15) is 25.2 Å². The van der Waals surface area contributed by atoms with Gasteiger partial charge in [-0.25, -0.2) is 19.9 Å². The zero-order valence-electron chi connectivity index (χ0n) is 15.3. The summed E-state index contributed by atoms with van der Waals surface area (Å²) >= 11 is 0. The molecule has 0 unspecified atom stereocenters. The zero-order valence-corrected chi connectivity index (χ0v) is 18.3. The number of aromatic nitrogens is 8. The van der Waals surface area contributed by atoms with E-state index in [-0.39, 0.29) is 43.1 Å². The van der Waals surface area contributed by atoms with Gasteiger partial charge in [0.15, 0.2) is 0 Å². The maximum absolute atomic E-state index is 9.85. The van der Waals surface area contributed by atoms with Crippen molar-refractivity contribution in [3.63, 3.8) is 0 Å². The van der Waals surface area contributed by atoms with Crippen molar-refractivity contribution in [1.82, 2.24) is 39.5 Å². The molecule has 2 N–H and O–H groups in total. The van der Waals surface area contributed by atoms with Crippen LogP contribution in [-0.4, -0.2) is 49.7 Å². The van der Waals surface area contributed by atoms with E-state index < -0.39 is 5.41 Å². The molecule has 4 aromatic heterocycles. The van der Waals surface area contributed by atoms with Gasteiger partial charge in [0.25, 0.3) is 11.9 Å². The van der Waals surface area contributed by atoms with Gasteiger partial charge in [-0.15, -0.1) is 0 Å². The van der Waals surface area contributed by atoms with E-state index in [9.17, 15) is 10.2 Å². The van der Waals surface area contributed by atoms with Crippen LogP contribution < -0.4 is 0 Å². The van der Waals surface area contributed by atoms with Gasteiger partial charge in [-0.2, -0.15) is 19.6 Å². The van der Waals surface area contributed by atoms with E-state index in [1.165, 1.54) is 33.9 Å². The van der Waals surface area contributed by atoms with Crippen molar-refractivity contribution in [3.05, 3.63) is 60.4 Å². The van der Waals surface area contributed by atoms with Crippen LogP contribution in [0.2, 0.25) is 0 Å². The molecule has 0 aliphatic rings. The number of hydrogen-bond donors (Lipinski definition) is 2. The predicted molar refractivity (Wildman–Crippen MR) is 93.8 cm³/mol. The van der Waals surface area contributed by atoms with Crippen molar-refractivity contribution >= 4 is 0 Å². The number of nitrogens with zero attached hydrogens (tertiary/aromatic N) is 8. The third-order valence-electron chi connectivity index (χ3n) is 4.19. The second kappa shape index (κ2) is 7.43. The first-order valence-electron chi connectivity index (χ1n) is 8.10. The van der Waals surface area contributed by atoms with Crippen LogP contribution in [0, 0.1) is 0 Å². The molecule has 4 aromatic rings. The molecule has 0 saturated carbocycles. The van der Waals surface area contributed by atoms with E-state index in [2.05, 4.69) is 30.1 Å². The maximum Gasteiger partial charge on any atom is 0.253 e. The summed E-state index contributed by atoms with van der Waals surface area (Å²) in [5.74, 6) is 0.399. The normalized spacial score (nSPS) is 11.2. The molecular weight excluding hydrogens is 414 g/mol. The molecule has 10 nitrogen and oxygen atoms in total. The summed E-state index contributed by atoms with van der Waals surface area (Å²) in [7, 11) is 0. The summed E-state index contributed by atoms with van der Waals surface area (Å²) in [6.45, 7) is 3.91. The maximum atomic E-state index is 9.85. The van der Waals surface area contributed by atoms with E-state index in [1.807, 2.05) is 13.8 Å². The topological polar surface area (TPSA) is 128 Å². The standard InChI is InChI=1S/C17H16N8O2.Zn/c1-17(2,11-3-7-18-15(22-11)24-13(26)5-9-20-24)12-4-8-19-16(23-12)25-14(27)6-10-21-25;/h3-10,26-27H,1-2H3;. The Morgan fingerprint density at radius 2 is 1.14 bits per heavy atom. The summed E-state index contributed by atoms with van der Waals surface area (Å²) in [4.78, 5) is 17.4. The average Bonchev–Trinajstić information content (AvgIpc) is 3.30. The Labute approximate surface area is 172 Å². The number of rotatable bonds is 4. The van der Waals surface area contributed by atoms with Crippen molar-refractivity contribution < 1.29 is 29.7 Å². The van der Waals surface area contributed by atoms with Crippen LogP contribution in [0.25, 0.3) is 11.9 Å². The molecule has 0 aromatic carbocycles. The molecule has 0 spiro atoms. The summed E-state index contributed by atoms with van der Waals surface area (Å²) in [5.41, 5.74) is 0.745. The van der Waals surface area contributed by atoms with Gasteiger partial charge in [-0.05, 0) is 26.0 Å². The molecule has 4 rings (SSSR count). The molecule has 0 bridgehead atoms. The molecule has 0 radical (unpaired) electrons. The number of aromatic hydroxyl groups is 2. The first-order chi connectivity index (χ1) is 13.0. The fourth-order valence-electron chi connectivity index (χ4n) is 2.63. The molecule has 138 valence electrons. The minimum atomic E-state index is -0.610. The van der Waals surface area contributed by atoms with Gasteiger partial charge < -0.3 is 10.2 Å². The average molecular weight is 430 g/mol. The Morgan fingerprint density at radius 3 is 1.50 bits per heavy atom. The first kappa shape index (κ1) is 19.6. The van der Waals surface area contributed by atoms with E-state index in [0.29, 0.717) is 11.4 Å². The minimum Gasteiger partial charge on any atom is -0.493 e. The van der Waals surface area contributed by atoms with Gasteiger partial charge in [0.05, 0.1) is 23.8 Å². The fourth-order valence-corrected chi connectivity index (χ4v) is 2.63. The molecule has 0 aliphatic carbocycles. The van der Waals surface area contributed by atoms with Crippen molar-refractivity contribution in [2.75, 3.05) is 0 Å². The van der Waals surface area contributed by atoms with Gasteiger partial charge in [-0.3, -0.25) is 0 Å². The van der Waals surface area contributed by atoms with Crippen molar-refractivity contribution in [1.29, 1.82) is 0 Å².